The molecule has 0 aliphatic carbocycles. The van der Waals surface area contributed by atoms with E-state index in [-0.39, 0.29) is 30.2 Å². The van der Waals surface area contributed by atoms with Crippen molar-refractivity contribution in [3.63, 3.8) is 0 Å². The van der Waals surface area contributed by atoms with E-state index in [2.05, 4.69) is 0 Å². The van der Waals surface area contributed by atoms with Crippen molar-refractivity contribution in [3.8, 4) is 0 Å². The summed E-state index contributed by atoms with van der Waals surface area (Å²) >= 11 is 0. The Morgan fingerprint density at radius 3 is 2.28 bits per heavy atom. The molecule has 6 heteroatoms. The van der Waals surface area contributed by atoms with E-state index in [0.29, 0.717) is 25.3 Å². The number of hydrogen-bond acceptors (Lipinski definition) is 3. The summed E-state index contributed by atoms with van der Waals surface area (Å²) in [6.45, 7) is 8.33. The van der Waals surface area contributed by atoms with Crippen LogP contribution in [0.1, 0.15) is 57.1 Å². The van der Waals surface area contributed by atoms with Crippen LogP contribution in [0.3, 0.4) is 0 Å². The molecule has 2 aromatic rings. The summed E-state index contributed by atoms with van der Waals surface area (Å²) in [6, 6.07) is 9.71. The molecule has 2 rings (SSSR count). The number of halogens is 1. The Hall–Kier alpha value is -2.63. The van der Waals surface area contributed by atoms with Gasteiger partial charge in [0.1, 0.15) is 17.3 Å². The minimum Gasteiger partial charge on any atom is -0.464 e. The van der Waals surface area contributed by atoms with Gasteiger partial charge < -0.3 is 14.2 Å². The summed E-state index contributed by atoms with van der Waals surface area (Å²) in [5, 5.41) is 0. The van der Waals surface area contributed by atoms with Crippen LogP contribution in [-0.2, 0) is 22.7 Å². The van der Waals surface area contributed by atoms with E-state index in [1.165, 1.54) is 12.1 Å². The van der Waals surface area contributed by atoms with Crippen molar-refractivity contribution in [1.29, 1.82) is 0 Å². The predicted octanol–water partition coefficient (Wildman–Crippen LogP) is 4.68. The third-order valence-electron chi connectivity index (χ3n) is 4.78. The van der Waals surface area contributed by atoms with Gasteiger partial charge in [0, 0.05) is 19.0 Å². The summed E-state index contributed by atoms with van der Waals surface area (Å²) in [4.78, 5) is 29.0. The number of aryl methyl sites for hydroxylation is 1. The van der Waals surface area contributed by atoms with Crippen LogP contribution in [0, 0.1) is 12.7 Å². The molecule has 0 saturated carbocycles. The zero-order valence-corrected chi connectivity index (χ0v) is 17.8. The third kappa shape index (κ3) is 7.04. The van der Waals surface area contributed by atoms with Crippen molar-refractivity contribution in [2.24, 2.45) is 0 Å². The summed E-state index contributed by atoms with van der Waals surface area (Å²) in [6.07, 6.45) is 2.18. The van der Waals surface area contributed by atoms with Gasteiger partial charge in [-0.15, -0.1) is 0 Å². The standard InChI is InChI=1S/C23H31FN2O3/c1-5-6-7-22(27)26(17(2)3)16-23(28)25(15-21-13-8-18(4)29-21)14-19-9-11-20(24)12-10-19/h8-13,17H,5-7,14-16H2,1-4H3. The van der Waals surface area contributed by atoms with E-state index in [4.69, 9.17) is 4.42 Å². The van der Waals surface area contributed by atoms with Crippen molar-refractivity contribution < 1.29 is 18.4 Å². The van der Waals surface area contributed by atoms with Gasteiger partial charge in [-0.3, -0.25) is 9.59 Å². The van der Waals surface area contributed by atoms with Crippen molar-refractivity contribution in [3.05, 3.63) is 59.3 Å². The fourth-order valence-electron chi connectivity index (χ4n) is 3.08. The first-order chi connectivity index (χ1) is 13.8. The van der Waals surface area contributed by atoms with Crippen molar-refractivity contribution in [1.82, 2.24) is 9.80 Å². The molecule has 1 aromatic carbocycles. The predicted molar refractivity (Wildman–Crippen MR) is 110 cm³/mol. The van der Waals surface area contributed by atoms with Crippen LogP contribution in [0.4, 0.5) is 4.39 Å². The van der Waals surface area contributed by atoms with E-state index >= 15 is 0 Å². The molecule has 2 amide bonds. The maximum Gasteiger partial charge on any atom is 0.242 e. The molecule has 0 unspecified atom stereocenters. The van der Waals surface area contributed by atoms with Crippen molar-refractivity contribution in [2.75, 3.05) is 6.54 Å². The first-order valence-corrected chi connectivity index (χ1v) is 10.2. The first kappa shape index (κ1) is 22.7. The Morgan fingerprint density at radius 2 is 1.72 bits per heavy atom. The maximum absolute atomic E-state index is 13.2. The summed E-state index contributed by atoms with van der Waals surface area (Å²) in [7, 11) is 0. The number of unbranched alkanes of at least 4 members (excludes halogenated alkanes) is 1. The fourth-order valence-corrected chi connectivity index (χ4v) is 3.08. The molecule has 5 nitrogen and oxygen atoms in total. The van der Waals surface area contributed by atoms with Crippen LogP contribution >= 0.6 is 0 Å². The molecule has 29 heavy (non-hydrogen) atoms. The second-order valence-corrected chi connectivity index (χ2v) is 7.61. The SMILES string of the molecule is CCCCC(=O)N(CC(=O)N(Cc1ccc(F)cc1)Cc1ccc(C)o1)C(C)C. The monoisotopic (exact) mass is 402 g/mol. The molecule has 0 aliphatic heterocycles. The Morgan fingerprint density at radius 1 is 1.03 bits per heavy atom. The lowest BCUT2D eigenvalue weighted by Gasteiger charge is -2.30. The summed E-state index contributed by atoms with van der Waals surface area (Å²) < 4.78 is 18.9. The second kappa shape index (κ2) is 10.8. The molecule has 0 atom stereocenters. The molecule has 0 spiro atoms. The molecule has 0 aliphatic rings. The van der Waals surface area contributed by atoms with Crippen LogP contribution in [0.2, 0.25) is 0 Å². The van der Waals surface area contributed by atoms with Gasteiger partial charge in [0.2, 0.25) is 11.8 Å². The molecule has 1 heterocycles. The molecule has 0 radical (unpaired) electrons. The number of carbonyl (C=O) groups excluding carboxylic acids is 2. The van der Waals surface area contributed by atoms with Gasteiger partial charge in [0.15, 0.2) is 0 Å². The van der Waals surface area contributed by atoms with E-state index in [9.17, 15) is 14.0 Å². The zero-order valence-electron chi connectivity index (χ0n) is 17.8. The Balaban J connectivity index is 2.17. The zero-order chi connectivity index (χ0) is 21.4. The van der Waals surface area contributed by atoms with Crippen LogP contribution in [0.5, 0.6) is 0 Å². The van der Waals surface area contributed by atoms with E-state index in [1.54, 1.807) is 21.9 Å². The van der Waals surface area contributed by atoms with Crippen LogP contribution in [-0.4, -0.2) is 34.2 Å². The maximum atomic E-state index is 13.2. The number of rotatable bonds is 10. The first-order valence-electron chi connectivity index (χ1n) is 10.2. The highest BCUT2D eigenvalue weighted by Gasteiger charge is 2.24. The smallest absolute Gasteiger partial charge is 0.242 e. The molecule has 0 N–H and O–H groups in total. The Bertz CT molecular complexity index is 799. The third-order valence-corrected chi connectivity index (χ3v) is 4.78. The lowest BCUT2D eigenvalue weighted by Crippen LogP contribution is -2.45. The Labute approximate surface area is 172 Å². The normalized spacial score (nSPS) is 11.0. The molecule has 158 valence electrons. The van der Waals surface area contributed by atoms with Crippen LogP contribution in [0.15, 0.2) is 40.8 Å². The topological polar surface area (TPSA) is 53.8 Å². The minimum atomic E-state index is -0.319. The molecular weight excluding hydrogens is 371 g/mol. The van der Waals surface area contributed by atoms with Gasteiger partial charge in [0.25, 0.3) is 0 Å². The lowest BCUT2D eigenvalue weighted by molar-refractivity contribution is -0.142. The molecule has 0 bridgehead atoms. The number of furan rings is 1. The van der Waals surface area contributed by atoms with Crippen molar-refractivity contribution >= 4 is 11.8 Å². The second-order valence-electron chi connectivity index (χ2n) is 7.61. The molecule has 1 aromatic heterocycles. The highest BCUT2D eigenvalue weighted by Crippen LogP contribution is 2.15. The average molecular weight is 403 g/mol. The van der Waals surface area contributed by atoms with Crippen LogP contribution in [0.25, 0.3) is 0 Å². The molecule has 0 saturated heterocycles. The van der Waals surface area contributed by atoms with Crippen molar-refractivity contribution in [2.45, 2.75) is 66.1 Å². The quantitative estimate of drug-likeness (QED) is 0.580. The number of hydrogen-bond donors (Lipinski definition) is 0. The fraction of sp³-hybridized carbons (Fsp3) is 0.478. The van der Waals surface area contributed by atoms with Gasteiger partial charge in [-0.25, -0.2) is 4.39 Å². The van der Waals surface area contributed by atoms with Gasteiger partial charge in [-0.1, -0.05) is 25.5 Å². The highest BCUT2D eigenvalue weighted by molar-refractivity contribution is 5.85. The average Bonchev–Trinajstić information content (AvgIpc) is 3.09. The summed E-state index contributed by atoms with van der Waals surface area (Å²) in [5.74, 6) is 0.951. The molecular formula is C23H31FN2O3. The number of amides is 2. The van der Waals surface area contributed by atoms with E-state index in [0.717, 1.165) is 24.2 Å². The largest absolute Gasteiger partial charge is 0.464 e. The number of carbonyl (C=O) groups is 2. The number of benzene rings is 1. The molecule has 0 fully saturated rings. The van der Waals surface area contributed by atoms with Gasteiger partial charge >= 0.3 is 0 Å². The lowest BCUT2D eigenvalue weighted by atomic mass is 10.2. The van der Waals surface area contributed by atoms with E-state index < -0.39 is 0 Å². The van der Waals surface area contributed by atoms with Crippen LogP contribution < -0.4 is 0 Å². The number of nitrogens with zero attached hydrogens (tertiary/aromatic N) is 2. The Kier molecular flexibility index (Phi) is 8.43. The minimum absolute atomic E-state index is 0.00854. The van der Waals surface area contributed by atoms with Gasteiger partial charge in [0.05, 0.1) is 13.1 Å². The summed E-state index contributed by atoms with van der Waals surface area (Å²) in [5.41, 5.74) is 0.816. The highest BCUT2D eigenvalue weighted by atomic mass is 19.1. The van der Waals surface area contributed by atoms with E-state index in [1.807, 2.05) is 39.8 Å². The van der Waals surface area contributed by atoms with Gasteiger partial charge in [-0.2, -0.15) is 0 Å². The van der Waals surface area contributed by atoms with Gasteiger partial charge in [-0.05, 0) is 57.0 Å².